The van der Waals surface area contributed by atoms with Crippen LogP contribution < -0.4 is 0 Å². The molecule has 0 unspecified atom stereocenters. The molecule has 0 heterocycles. The van der Waals surface area contributed by atoms with Crippen molar-refractivity contribution >= 4 is 0 Å². The standard InChI is InChI=1S/2C5H10.2C2H6.CH4.4CH3.Zr/c2*1-2-4-5-3-1;2*1-2;;;;;;/h2*1-5H2;2*1-2H3;1H4;4*1H3;/q;;;;;4*-1;+4. The van der Waals surface area contributed by atoms with Crippen LogP contribution in [0.2, 0.25) is 0 Å². The molecule has 0 nitrogen and oxygen atoms in total. The zero-order valence-electron chi connectivity index (χ0n) is 15.6. The van der Waals surface area contributed by atoms with E-state index in [-0.39, 0.29) is 63.3 Å². The van der Waals surface area contributed by atoms with E-state index in [0.29, 0.717) is 0 Å². The molecule has 0 amide bonds. The first-order chi connectivity index (χ1) is 7.00. The SMILES string of the molecule is C.C1CCCC1.C1CCCC1.CC.CC.[CH3-].[CH3-].[CH3-].[CH3-].[Zr+4]. The Kier molecular flexibility index (Phi) is 149. The van der Waals surface area contributed by atoms with Gasteiger partial charge in [-0.25, -0.2) is 0 Å². The molecule has 0 saturated heterocycles. The summed E-state index contributed by atoms with van der Waals surface area (Å²) in [5, 5.41) is 0. The average molecular weight is 368 g/mol. The van der Waals surface area contributed by atoms with E-state index in [1.54, 1.807) is 0 Å². The van der Waals surface area contributed by atoms with Crippen LogP contribution in [0.3, 0.4) is 0 Å². The van der Waals surface area contributed by atoms with Gasteiger partial charge in [-0.2, -0.15) is 0 Å². The molecule has 0 N–H and O–H groups in total. The van der Waals surface area contributed by atoms with Crippen LogP contribution in [-0.2, 0) is 26.2 Å². The molecule has 2 rings (SSSR count). The van der Waals surface area contributed by atoms with Gasteiger partial charge < -0.3 is 29.7 Å². The van der Waals surface area contributed by atoms with Crippen molar-refractivity contribution in [3.63, 3.8) is 0 Å². The van der Waals surface area contributed by atoms with E-state index in [2.05, 4.69) is 0 Å². The van der Waals surface area contributed by atoms with E-state index in [1.165, 1.54) is 64.2 Å². The summed E-state index contributed by atoms with van der Waals surface area (Å²) in [6.07, 6.45) is 15.0. The second-order valence-corrected chi connectivity index (χ2v) is 3.54. The zero-order valence-corrected chi connectivity index (χ0v) is 18.0. The maximum Gasteiger partial charge on any atom is 4.00 e. The summed E-state index contributed by atoms with van der Waals surface area (Å²) in [6.45, 7) is 8.00. The minimum Gasteiger partial charge on any atom is -0.358 e. The van der Waals surface area contributed by atoms with Gasteiger partial charge in [0.15, 0.2) is 0 Å². The van der Waals surface area contributed by atoms with E-state index in [0.717, 1.165) is 0 Å². The van der Waals surface area contributed by atoms with Gasteiger partial charge in [-0.05, 0) is 0 Å². The molecule has 2 aliphatic carbocycles. The molecule has 2 saturated carbocycles. The smallest absolute Gasteiger partial charge is 0.358 e. The Morgan fingerprint density at radius 1 is 0.350 bits per heavy atom. The third-order valence-corrected chi connectivity index (χ3v) is 2.50. The van der Waals surface area contributed by atoms with Crippen LogP contribution in [-0.4, -0.2) is 0 Å². The molecule has 0 aromatic carbocycles. The molecule has 0 bridgehead atoms. The molecule has 0 spiro atoms. The molecule has 2 fully saturated rings. The minimum atomic E-state index is 0. The Morgan fingerprint density at radius 2 is 0.400 bits per heavy atom. The maximum absolute atomic E-state index is 2.00. The summed E-state index contributed by atoms with van der Waals surface area (Å²) in [5.41, 5.74) is 0. The molecule has 20 heavy (non-hydrogen) atoms. The third-order valence-electron chi connectivity index (χ3n) is 2.50. The van der Waals surface area contributed by atoms with Gasteiger partial charge in [-0.15, -0.1) is 0 Å². The number of rotatable bonds is 0. The van der Waals surface area contributed by atoms with Crippen LogP contribution >= 0.6 is 0 Å². The Labute approximate surface area is 155 Å². The van der Waals surface area contributed by atoms with E-state index in [1.807, 2.05) is 27.7 Å². The summed E-state index contributed by atoms with van der Waals surface area (Å²) in [5.74, 6) is 0. The summed E-state index contributed by atoms with van der Waals surface area (Å²) < 4.78 is 0. The van der Waals surface area contributed by atoms with Crippen molar-refractivity contribution in [2.75, 3.05) is 0 Å². The van der Waals surface area contributed by atoms with Crippen LogP contribution in [0.25, 0.3) is 0 Å². The first kappa shape index (κ1) is 49.7. The second-order valence-electron chi connectivity index (χ2n) is 3.54. The summed E-state index contributed by atoms with van der Waals surface area (Å²) >= 11 is 0. The van der Waals surface area contributed by atoms with Crippen LogP contribution in [0, 0.1) is 29.7 Å². The number of hydrogen-bond acceptors (Lipinski definition) is 0. The van der Waals surface area contributed by atoms with Crippen molar-refractivity contribution in [2.45, 2.75) is 99.3 Å². The van der Waals surface area contributed by atoms with Gasteiger partial charge >= 0.3 is 26.2 Å². The molecule has 0 radical (unpaired) electrons. The van der Waals surface area contributed by atoms with E-state index < -0.39 is 0 Å². The Morgan fingerprint density at radius 3 is 0.450 bits per heavy atom. The first-order valence-electron chi connectivity index (χ1n) is 7.00. The minimum absolute atomic E-state index is 0. The van der Waals surface area contributed by atoms with Crippen molar-refractivity contribution in [3.05, 3.63) is 29.7 Å². The molecule has 0 atom stereocenters. The molecule has 0 aromatic rings. The predicted molar refractivity (Wildman–Crippen MR) is 101 cm³/mol. The van der Waals surface area contributed by atoms with E-state index in [9.17, 15) is 0 Å². The summed E-state index contributed by atoms with van der Waals surface area (Å²) in [6, 6.07) is 0. The average Bonchev–Trinajstić information content (AvgIpc) is 3.01. The molecule has 128 valence electrons. The fourth-order valence-corrected chi connectivity index (χ4v) is 1.77. The zero-order chi connectivity index (χ0) is 11.1. The fourth-order valence-electron chi connectivity index (χ4n) is 1.77. The van der Waals surface area contributed by atoms with Crippen LogP contribution in [0.15, 0.2) is 0 Å². The molecule has 1 heteroatoms. The third kappa shape index (κ3) is 51.0. The summed E-state index contributed by atoms with van der Waals surface area (Å²) in [4.78, 5) is 0. The first-order valence-corrected chi connectivity index (χ1v) is 7.00. The van der Waals surface area contributed by atoms with Gasteiger partial charge in [-0.3, -0.25) is 0 Å². The van der Waals surface area contributed by atoms with Crippen LogP contribution in [0.5, 0.6) is 0 Å². The van der Waals surface area contributed by atoms with E-state index in [4.69, 9.17) is 0 Å². The van der Waals surface area contributed by atoms with Gasteiger partial charge in [0.05, 0.1) is 0 Å². The predicted octanol–water partition coefficient (Wildman–Crippen LogP) is 8.39. The van der Waals surface area contributed by atoms with E-state index >= 15 is 0 Å². The normalized spacial score (nSPS) is 12.6. The molecular formula is C19H48Zr. The van der Waals surface area contributed by atoms with Crippen LogP contribution in [0.4, 0.5) is 0 Å². The van der Waals surface area contributed by atoms with Crippen molar-refractivity contribution in [2.24, 2.45) is 0 Å². The van der Waals surface area contributed by atoms with Gasteiger partial charge in [0.2, 0.25) is 0 Å². The van der Waals surface area contributed by atoms with Gasteiger partial charge in [-0.1, -0.05) is 99.3 Å². The van der Waals surface area contributed by atoms with Gasteiger partial charge in [0.1, 0.15) is 0 Å². The topological polar surface area (TPSA) is 0 Å². The summed E-state index contributed by atoms with van der Waals surface area (Å²) in [7, 11) is 0. The second kappa shape index (κ2) is 59.9. The van der Waals surface area contributed by atoms with Crippen molar-refractivity contribution in [1.29, 1.82) is 0 Å². The molecular weight excluding hydrogens is 319 g/mol. The molecule has 0 aliphatic heterocycles. The largest absolute Gasteiger partial charge is 4.00 e. The quantitative estimate of drug-likeness (QED) is 0.377. The monoisotopic (exact) mass is 366 g/mol. The van der Waals surface area contributed by atoms with Crippen molar-refractivity contribution < 1.29 is 26.2 Å². The number of hydrogen-bond donors (Lipinski definition) is 0. The molecule has 2 aliphatic rings. The maximum atomic E-state index is 2.00. The van der Waals surface area contributed by atoms with Crippen LogP contribution in [0.1, 0.15) is 99.3 Å². The van der Waals surface area contributed by atoms with Crippen molar-refractivity contribution in [3.8, 4) is 0 Å². The Hall–Kier alpha value is 0.883. The van der Waals surface area contributed by atoms with Crippen molar-refractivity contribution in [1.82, 2.24) is 0 Å². The fraction of sp³-hybridized carbons (Fsp3) is 0.789. The van der Waals surface area contributed by atoms with Gasteiger partial charge in [0.25, 0.3) is 0 Å². The Bertz CT molecular complexity index is 38.9. The Balaban J connectivity index is -0.0000000156. The molecule has 0 aromatic heterocycles. The van der Waals surface area contributed by atoms with Gasteiger partial charge in [0, 0.05) is 0 Å².